The summed E-state index contributed by atoms with van der Waals surface area (Å²) in [5.74, 6) is 1.30. The minimum absolute atomic E-state index is 0. The lowest BCUT2D eigenvalue weighted by Crippen LogP contribution is -2.51. The summed E-state index contributed by atoms with van der Waals surface area (Å²) in [6, 6.07) is 8.16. The summed E-state index contributed by atoms with van der Waals surface area (Å²) < 4.78 is 0. The molecular formula is C22H32IN5O2. The molecule has 4 rings (SSSR count). The van der Waals surface area contributed by atoms with Gasteiger partial charge in [0.15, 0.2) is 5.96 Å². The van der Waals surface area contributed by atoms with Gasteiger partial charge in [0.25, 0.3) is 0 Å². The first-order valence-electron chi connectivity index (χ1n) is 10.8. The normalized spacial score (nSPS) is 24.2. The fraction of sp³-hybridized carbons (Fsp3) is 0.591. The lowest BCUT2D eigenvalue weighted by atomic mass is 9.79. The number of halogens is 1. The van der Waals surface area contributed by atoms with Crippen molar-refractivity contribution in [3.05, 3.63) is 29.8 Å². The van der Waals surface area contributed by atoms with Crippen LogP contribution in [0.1, 0.15) is 44.6 Å². The third-order valence-electron chi connectivity index (χ3n) is 6.22. The molecule has 0 saturated carbocycles. The Kier molecular flexibility index (Phi) is 7.60. The first-order valence-corrected chi connectivity index (χ1v) is 10.8. The van der Waals surface area contributed by atoms with Gasteiger partial charge in [-0.05, 0) is 43.9 Å². The fourth-order valence-electron chi connectivity index (χ4n) is 4.72. The zero-order valence-corrected chi connectivity index (χ0v) is 20.0. The Morgan fingerprint density at radius 3 is 2.63 bits per heavy atom. The maximum atomic E-state index is 11.9. The number of hydrogen-bond acceptors (Lipinski definition) is 3. The Bertz CT molecular complexity index is 797. The van der Waals surface area contributed by atoms with Crippen molar-refractivity contribution in [2.24, 2.45) is 10.4 Å². The highest BCUT2D eigenvalue weighted by Crippen LogP contribution is 2.36. The Labute approximate surface area is 195 Å². The van der Waals surface area contributed by atoms with E-state index in [1.54, 1.807) is 0 Å². The monoisotopic (exact) mass is 525 g/mol. The first kappa shape index (κ1) is 22.8. The third kappa shape index (κ3) is 5.07. The number of benzene rings is 1. The van der Waals surface area contributed by atoms with Crippen molar-refractivity contribution < 1.29 is 9.59 Å². The molecule has 1 atom stereocenters. The molecule has 2 amide bonds. The number of carbonyl (C=O) groups is 2. The zero-order chi connectivity index (χ0) is 20.3. The van der Waals surface area contributed by atoms with Gasteiger partial charge in [-0.25, -0.2) is 4.99 Å². The molecule has 3 saturated heterocycles. The molecule has 1 unspecified atom stereocenters. The fourth-order valence-corrected chi connectivity index (χ4v) is 4.72. The van der Waals surface area contributed by atoms with Crippen LogP contribution in [0, 0.1) is 5.41 Å². The lowest BCUT2D eigenvalue weighted by Gasteiger charge is -2.40. The van der Waals surface area contributed by atoms with Crippen LogP contribution in [0.5, 0.6) is 0 Å². The number of rotatable bonds is 4. The topological polar surface area (TPSA) is 77.0 Å². The van der Waals surface area contributed by atoms with E-state index in [2.05, 4.69) is 34.6 Å². The number of nitrogens with one attached hydrogen (secondary N) is 2. The van der Waals surface area contributed by atoms with Crippen LogP contribution in [0.25, 0.3) is 0 Å². The second-order valence-corrected chi connectivity index (χ2v) is 8.46. The average Bonchev–Trinajstić information content (AvgIpc) is 3.31. The van der Waals surface area contributed by atoms with E-state index in [9.17, 15) is 9.59 Å². The van der Waals surface area contributed by atoms with Crippen molar-refractivity contribution in [3.8, 4) is 0 Å². The van der Waals surface area contributed by atoms with Crippen LogP contribution in [0.3, 0.4) is 0 Å². The number of nitrogens with zero attached hydrogens (tertiary/aromatic N) is 3. The molecule has 164 valence electrons. The number of likely N-dealkylation sites (tertiary alicyclic amines) is 1. The number of piperidine rings is 1. The van der Waals surface area contributed by atoms with Crippen LogP contribution < -0.4 is 15.5 Å². The van der Waals surface area contributed by atoms with Crippen molar-refractivity contribution >= 4 is 47.4 Å². The smallest absolute Gasteiger partial charge is 0.227 e. The van der Waals surface area contributed by atoms with Crippen LogP contribution >= 0.6 is 24.0 Å². The van der Waals surface area contributed by atoms with Gasteiger partial charge in [-0.2, -0.15) is 0 Å². The number of guanidine groups is 1. The van der Waals surface area contributed by atoms with Crippen molar-refractivity contribution in [1.29, 1.82) is 0 Å². The molecular weight excluding hydrogens is 493 g/mol. The van der Waals surface area contributed by atoms with Gasteiger partial charge in [0.05, 0.1) is 6.54 Å². The number of amides is 2. The summed E-state index contributed by atoms with van der Waals surface area (Å²) in [5.41, 5.74) is 2.15. The molecule has 1 aromatic carbocycles. The Morgan fingerprint density at radius 2 is 2.00 bits per heavy atom. The van der Waals surface area contributed by atoms with Crippen molar-refractivity contribution in [3.63, 3.8) is 0 Å². The molecule has 3 heterocycles. The lowest BCUT2D eigenvalue weighted by molar-refractivity contribution is -0.120. The molecule has 3 aliphatic heterocycles. The molecule has 0 bridgehead atoms. The second kappa shape index (κ2) is 9.98. The molecule has 0 aliphatic carbocycles. The van der Waals surface area contributed by atoms with E-state index in [-0.39, 0.29) is 41.2 Å². The average molecular weight is 525 g/mol. The third-order valence-corrected chi connectivity index (χ3v) is 6.22. The quantitative estimate of drug-likeness (QED) is 0.360. The van der Waals surface area contributed by atoms with Gasteiger partial charge >= 0.3 is 0 Å². The largest absolute Gasteiger partial charge is 0.357 e. The minimum atomic E-state index is 0. The van der Waals surface area contributed by atoms with Gasteiger partial charge in [-0.15, -0.1) is 24.0 Å². The Balaban J connectivity index is 0.00000256. The highest BCUT2D eigenvalue weighted by molar-refractivity contribution is 14.0. The van der Waals surface area contributed by atoms with Gasteiger partial charge in [-0.3, -0.25) is 9.59 Å². The molecule has 2 N–H and O–H groups in total. The van der Waals surface area contributed by atoms with Crippen molar-refractivity contribution in [2.75, 3.05) is 37.6 Å². The molecule has 0 aromatic heterocycles. The first-order chi connectivity index (χ1) is 14.1. The van der Waals surface area contributed by atoms with Crippen LogP contribution in [0.2, 0.25) is 0 Å². The molecule has 3 fully saturated rings. The molecule has 1 spiro atoms. The molecule has 3 aliphatic rings. The zero-order valence-electron chi connectivity index (χ0n) is 17.7. The number of anilines is 1. The van der Waals surface area contributed by atoms with Gasteiger partial charge < -0.3 is 20.4 Å². The number of hydrogen-bond donors (Lipinski definition) is 2. The van der Waals surface area contributed by atoms with E-state index in [1.165, 1.54) is 0 Å². The summed E-state index contributed by atoms with van der Waals surface area (Å²) in [6.45, 7) is 6.92. The summed E-state index contributed by atoms with van der Waals surface area (Å²) in [4.78, 5) is 32.7. The minimum Gasteiger partial charge on any atom is -0.357 e. The maximum absolute atomic E-state index is 11.9. The van der Waals surface area contributed by atoms with Gasteiger partial charge in [0.1, 0.15) is 0 Å². The number of carbonyl (C=O) groups excluding carboxylic acids is 2. The predicted octanol–water partition coefficient (Wildman–Crippen LogP) is 2.50. The maximum Gasteiger partial charge on any atom is 0.227 e. The van der Waals surface area contributed by atoms with E-state index in [1.807, 2.05) is 17.0 Å². The number of aliphatic imine (C=N–C) groups is 1. The second-order valence-electron chi connectivity index (χ2n) is 8.46. The van der Waals surface area contributed by atoms with E-state index < -0.39 is 0 Å². The summed E-state index contributed by atoms with van der Waals surface area (Å²) in [6.07, 6.45) is 4.39. The van der Waals surface area contributed by atoms with E-state index in [0.717, 1.165) is 69.2 Å². The molecule has 1 aromatic rings. The summed E-state index contributed by atoms with van der Waals surface area (Å²) >= 11 is 0. The van der Waals surface area contributed by atoms with Crippen LogP contribution in [0.4, 0.5) is 5.69 Å². The van der Waals surface area contributed by atoms with Crippen LogP contribution in [0.15, 0.2) is 29.3 Å². The molecule has 8 heteroatoms. The molecule has 30 heavy (non-hydrogen) atoms. The SMILES string of the molecule is CCNC(=NCc1ccc(N2CCCC2=O)cc1)N1CCCC2(CNC(=O)C2)C1.I. The van der Waals surface area contributed by atoms with Gasteiger partial charge in [-0.1, -0.05) is 12.1 Å². The van der Waals surface area contributed by atoms with Crippen molar-refractivity contribution in [2.45, 2.75) is 45.6 Å². The van der Waals surface area contributed by atoms with E-state index in [4.69, 9.17) is 4.99 Å². The van der Waals surface area contributed by atoms with Gasteiger partial charge in [0.2, 0.25) is 11.8 Å². The van der Waals surface area contributed by atoms with Crippen molar-refractivity contribution in [1.82, 2.24) is 15.5 Å². The Hall–Kier alpha value is -1.84. The standard InChI is InChI=1S/C22H31N5O2.HI/c1-2-23-21(26-11-4-10-22(16-26)13-19(28)25-15-22)24-14-17-6-8-18(9-7-17)27-12-3-5-20(27)29;/h6-9H,2-5,10-16H2,1H3,(H,23,24)(H,25,28);1H. The van der Waals surface area contributed by atoms with Crippen LogP contribution in [-0.2, 0) is 16.1 Å². The van der Waals surface area contributed by atoms with Gasteiger partial charge in [0, 0.05) is 56.7 Å². The van der Waals surface area contributed by atoms with Crippen LogP contribution in [-0.4, -0.2) is 55.4 Å². The highest BCUT2D eigenvalue weighted by Gasteiger charge is 2.42. The summed E-state index contributed by atoms with van der Waals surface area (Å²) in [5, 5.41) is 6.43. The Morgan fingerprint density at radius 1 is 1.20 bits per heavy atom. The summed E-state index contributed by atoms with van der Waals surface area (Å²) in [7, 11) is 0. The molecule has 0 radical (unpaired) electrons. The molecule has 7 nitrogen and oxygen atoms in total. The van der Waals surface area contributed by atoms with E-state index in [0.29, 0.717) is 19.4 Å². The predicted molar refractivity (Wildman–Crippen MR) is 129 cm³/mol. The van der Waals surface area contributed by atoms with E-state index >= 15 is 0 Å². The highest BCUT2D eigenvalue weighted by atomic mass is 127.